The minimum atomic E-state index is -0.291. The molecule has 0 fully saturated rings. The van der Waals surface area contributed by atoms with E-state index in [2.05, 4.69) is 26.1 Å². The largest absolute Gasteiger partial charge is 0.330 e. The average molecular weight is 294 g/mol. The van der Waals surface area contributed by atoms with E-state index in [9.17, 15) is 4.79 Å². The molecule has 3 N–H and O–H groups in total. The molecule has 1 aromatic rings. The Balaban J connectivity index is 2.89. The lowest BCUT2D eigenvalue weighted by Gasteiger charge is -2.24. The van der Waals surface area contributed by atoms with Gasteiger partial charge in [-0.1, -0.05) is 32.4 Å². The molecule has 0 saturated heterocycles. The monoisotopic (exact) mass is 293 g/mol. The van der Waals surface area contributed by atoms with Crippen molar-refractivity contribution in [2.45, 2.75) is 27.2 Å². The molecule has 1 unspecified atom stereocenters. The highest BCUT2D eigenvalue weighted by Crippen LogP contribution is 2.26. The number of nitrogens with two attached hydrogens (primary N) is 1. The van der Waals surface area contributed by atoms with Crippen LogP contribution in [0.1, 0.15) is 32.8 Å². The fourth-order valence-electron chi connectivity index (χ4n) is 1.97. The minimum Gasteiger partial charge on any atom is -0.330 e. The highest BCUT2D eigenvalue weighted by atomic mass is 35.5. The summed E-state index contributed by atoms with van der Waals surface area (Å²) in [7, 11) is 0. The first-order chi connectivity index (χ1) is 9.26. The lowest BCUT2D eigenvalue weighted by Crippen LogP contribution is -2.32. The second kappa shape index (κ2) is 6.74. The van der Waals surface area contributed by atoms with E-state index in [1.807, 2.05) is 6.07 Å². The summed E-state index contributed by atoms with van der Waals surface area (Å²) in [4.78, 5) is 12.3. The Morgan fingerprint density at radius 1 is 1.50 bits per heavy atom. The van der Waals surface area contributed by atoms with Gasteiger partial charge in [-0.05, 0) is 30.0 Å². The molecule has 0 bridgehead atoms. The van der Waals surface area contributed by atoms with E-state index >= 15 is 0 Å². The van der Waals surface area contributed by atoms with Crippen molar-refractivity contribution in [2.24, 2.45) is 17.1 Å². The van der Waals surface area contributed by atoms with Crippen molar-refractivity contribution in [1.82, 2.24) is 0 Å². The molecule has 108 valence electrons. The van der Waals surface area contributed by atoms with Crippen LogP contribution in [0.4, 0.5) is 5.69 Å². The number of halogens is 1. The Morgan fingerprint density at radius 2 is 2.15 bits per heavy atom. The van der Waals surface area contributed by atoms with E-state index < -0.39 is 0 Å². The van der Waals surface area contributed by atoms with Crippen molar-refractivity contribution in [3.8, 4) is 6.07 Å². The Labute approximate surface area is 124 Å². The maximum Gasteiger partial charge on any atom is 0.228 e. The zero-order chi connectivity index (χ0) is 15.3. The topological polar surface area (TPSA) is 78.9 Å². The summed E-state index contributed by atoms with van der Waals surface area (Å²) < 4.78 is 0. The van der Waals surface area contributed by atoms with E-state index in [1.54, 1.807) is 18.2 Å². The van der Waals surface area contributed by atoms with Crippen molar-refractivity contribution in [3.63, 3.8) is 0 Å². The van der Waals surface area contributed by atoms with Gasteiger partial charge in [0.1, 0.15) is 6.07 Å². The molecule has 0 heterocycles. The van der Waals surface area contributed by atoms with E-state index in [4.69, 9.17) is 22.6 Å². The van der Waals surface area contributed by atoms with Crippen LogP contribution in [-0.4, -0.2) is 12.5 Å². The molecule has 20 heavy (non-hydrogen) atoms. The molecule has 1 atom stereocenters. The molecule has 0 radical (unpaired) electrons. The predicted molar refractivity (Wildman–Crippen MR) is 81.4 cm³/mol. The number of nitriles is 1. The van der Waals surface area contributed by atoms with Crippen molar-refractivity contribution in [3.05, 3.63) is 28.8 Å². The van der Waals surface area contributed by atoms with Gasteiger partial charge >= 0.3 is 0 Å². The average Bonchev–Trinajstić information content (AvgIpc) is 2.35. The van der Waals surface area contributed by atoms with E-state index in [1.165, 1.54) is 0 Å². The van der Waals surface area contributed by atoms with Gasteiger partial charge < -0.3 is 11.1 Å². The Kier molecular flexibility index (Phi) is 5.55. The lowest BCUT2D eigenvalue weighted by molar-refractivity contribution is -0.120. The van der Waals surface area contributed by atoms with Gasteiger partial charge in [-0.15, -0.1) is 0 Å². The van der Waals surface area contributed by atoms with Gasteiger partial charge in [-0.3, -0.25) is 4.79 Å². The molecule has 0 spiro atoms. The first-order valence-electron chi connectivity index (χ1n) is 6.47. The zero-order valence-electron chi connectivity index (χ0n) is 12.0. The number of anilines is 1. The molecule has 0 aliphatic rings. The fraction of sp³-hybridized carbons (Fsp3) is 0.467. The third-order valence-corrected chi connectivity index (χ3v) is 3.11. The molecule has 0 aliphatic heterocycles. The highest BCUT2D eigenvalue weighted by molar-refractivity contribution is 6.31. The molecule has 0 saturated carbocycles. The number of carbonyl (C=O) groups excluding carboxylic acids is 1. The maximum atomic E-state index is 12.3. The number of hydrogen-bond acceptors (Lipinski definition) is 3. The van der Waals surface area contributed by atoms with Gasteiger partial charge in [0.2, 0.25) is 5.91 Å². The number of nitrogens with one attached hydrogen (secondary N) is 1. The van der Waals surface area contributed by atoms with Gasteiger partial charge in [-0.25, -0.2) is 0 Å². The number of carbonyl (C=O) groups is 1. The summed E-state index contributed by atoms with van der Waals surface area (Å²) in [6.45, 7) is 6.45. The Bertz CT molecular complexity index is 529. The third-order valence-electron chi connectivity index (χ3n) is 2.87. The second-order valence-electron chi connectivity index (χ2n) is 5.99. The second-order valence-corrected chi connectivity index (χ2v) is 6.42. The zero-order valence-corrected chi connectivity index (χ0v) is 12.8. The summed E-state index contributed by atoms with van der Waals surface area (Å²) in [5.41, 5.74) is 6.50. The van der Waals surface area contributed by atoms with Crippen LogP contribution in [0.15, 0.2) is 18.2 Å². The lowest BCUT2D eigenvalue weighted by atomic mass is 9.84. The van der Waals surface area contributed by atoms with Gasteiger partial charge in [0.05, 0.1) is 17.2 Å². The molecular weight excluding hydrogens is 274 g/mol. The number of benzene rings is 1. The third kappa shape index (κ3) is 4.84. The minimum absolute atomic E-state index is 0.00771. The van der Waals surface area contributed by atoms with E-state index in [-0.39, 0.29) is 23.8 Å². The molecule has 1 rings (SSSR count). The van der Waals surface area contributed by atoms with Crippen LogP contribution >= 0.6 is 11.6 Å². The van der Waals surface area contributed by atoms with Crippen molar-refractivity contribution < 1.29 is 4.79 Å². The molecular formula is C15H20ClN3O. The van der Waals surface area contributed by atoms with Crippen LogP contribution in [0.3, 0.4) is 0 Å². The standard InChI is InChI=1S/C15H20ClN3O/c1-15(2,3)7-11(9-18)14(20)19-13-6-12(16)5-4-10(13)8-17/h4-6,11H,7,9,18H2,1-3H3,(H,19,20). The molecule has 0 aromatic heterocycles. The quantitative estimate of drug-likeness (QED) is 0.895. The number of amides is 1. The van der Waals surface area contributed by atoms with Gasteiger partial charge in [0.15, 0.2) is 0 Å². The number of nitrogens with zero attached hydrogens (tertiary/aromatic N) is 1. The van der Waals surface area contributed by atoms with Gasteiger partial charge in [0.25, 0.3) is 0 Å². The van der Waals surface area contributed by atoms with Crippen LogP contribution in [-0.2, 0) is 4.79 Å². The van der Waals surface area contributed by atoms with Crippen molar-refractivity contribution in [1.29, 1.82) is 5.26 Å². The Morgan fingerprint density at radius 3 is 2.65 bits per heavy atom. The normalized spacial score (nSPS) is 12.6. The molecule has 5 heteroatoms. The summed E-state index contributed by atoms with van der Waals surface area (Å²) in [6, 6.07) is 6.80. The predicted octanol–water partition coefficient (Wildman–Crippen LogP) is 3.16. The van der Waals surface area contributed by atoms with E-state index in [0.29, 0.717) is 22.7 Å². The van der Waals surface area contributed by atoms with Crippen LogP contribution in [0, 0.1) is 22.7 Å². The van der Waals surface area contributed by atoms with Crippen molar-refractivity contribution >= 4 is 23.2 Å². The first-order valence-corrected chi connectivity index (χ1v) is 6.85. The van der Waals surface area contributed by atoms with Crippen LogP contribution < -0.4 is 11.1 Å². The van der Waals surface area contributed by atoms with Crippen LogP contribution in [0.5, 0.6) is 0 Å². The summed E-state index contributed by atoms with van der Waals surface area (Å²) in [6.07, 6.45) is 0.678. The van der Waals surface area contributed by atoms with Gasteiger partial charge in [-0.2, -0.15) is 5.26 Å². The Hall–Kier alpha value is -1.57. The molecule has 4 nitrogen and oxygen atoms in total. The smallest absolute Gasteiger partial charge is 0.228 e. The molecule has 1 aromatic carbocycles. The summed E-state index contributed by atoms with van der Waals surface area (Å²) >= 11 is 5.89. The SMILES string of the molecule is CC(C)(C)CC(CN)C(=O)Nc1cc(Cl)ccc1C#N. The molecule has 1 amide bonds. The van der Waals surface area contributed by atoms with Crippen LogP contribution in [0.2, 0.25) is 5.02 Å². The number of rotatable bonds is 4. The van der Waals surface area contributed by atoms with Gasteiger partial charge in [0, 0.05) is 11.6 Å². The fourth-order valence-corrected chi connectivity index (χ4v) is 2.15. The van der Waals surface area contributed by atoms with Crippen molar-refractivity contribution in [2.75, 3.05) is 11.9 Å². The summed E-state index contributed by atoms with van der Waals surface area (Å²) in [5, 5.41) is 12.3. The van der Waals surface area contributed by atoms with Crippen LogP contribution in [0.25, 0.3) is 0 Å². The summed E-state index contributed by atoms with van der Waals surface area (Å²) in [5.74, 6) is -0.471. The first kappa shape index (κ1) is 16.5. The number of hydrogen-bond donors (Lipinski definition) is 2. The highest BCUT2D eigenvalue weighted by Gasteiger charge is 2.24. The molecule has 0 aliphatic carbocycles. The maximum absolute atomic E-state index is 12.3. The van der Waals surface area contributed by atoms with E-state index in [0.717, 1.165) is 0 Å².